The predicted molar refractivity (Wildman–Crippen MR) is 45.4 cm³/mol. The summed E-state index contributed by atoms with van der Waals surface area (Å²) in [5, 5.41) is 8.33. The van der Waals surface area contributed by atoms with E-state index in [0.717, 1.165) is 12.1 Å². The molecule has 0 bridgehead atoms. The van der Waals surface area contributed by atoms with Crippen molar-refractivity contribution in [3.05, 3.63) is 34.4 Å². The molecule has 0 unspecified atom stereocenters. The summed E-state index contributed by atoms with van der Waals surface area (Å²) in [6.45, 7) is -0.446. The molecule has 2 nitrogen and oxygen atoms in total. The molecule has 0 radical (unpaired) electrons. The van der Waals surface area contributed by atoms with E-state index in [2.05, 4.69) is 0 Å². The maximum atomic E-state index is 13.0. The van der Waals surface area contributed by atoms with Crippen molar-refractivity contribution in [3.63, 3.8) is 0 Å². The van der Waals surface area contributed by atoms with Crippen molar-refractivity contribution in [2.75, 3.05) is 6.61 Å². The van der Waals surface area contributed by atoms with E-state index in [1.54, 1.807) is 0 Å². The lowest BCUT2D eigenvalue weighted by atomic mass is 10.1. The molecule has 1 aromatic carbocycles. The topological polar surface area (TPSA) is 46.2 Å². The number of aliphatic hydroxyl groups excluding tert-OH is 1. The molecule has 0 fully saturated rings. The van der Waals surface area contributed by atoms with E-state index in [1.165, 1.54) is 0 Å². The summed E-state index contributed by atoms with van der Waals surface area (Å²) in [7, 11) is 0. The SMILES string of the molecule is N[C@@H](CO)c1cc(F)c(Cl)cc1F. The monoisotopic (exact) mass is 207 g/mol. The van der Waals surface area contributed by atoms with Gasteiger partial charge in [-0.05, 0) is 12.1 Å². The predicted octanol–water partition coefficient (Wildman–Crippen LogP) is 1.61. The number of halogens is 3. The highest BCUT2D eigenvalue weighted by Gasteiger charge is 2.13. The molecule has 3 N–H and O–H groups in total. The van der Waals surface area contributed by atoms with E-state index in [0.29, 0.717) is 0 Å². The van der Waals surface area contributed by atoms with Gasteiger partial charge in [0.25, 0.3) is 0 Å². The zero-order valence-electron chi connectivity index (χ0n) is 6.60. The smallest absolute Gasteiger partial charge is 0.142 e. The van der Waals surface area contributed by atoms with Crippen LogP contribution in [0.3, 0.4) is 0 Å². The summed E-state index contributed by atoms with van der Waals surface area (Å²) in [5.74, 6) is -1.46. The Hall–Kier alpha value is -0.710. The molecular weight excluding hydrogens is 200 g/mol. The first-order valence-electron chi connectivity index (χ1n) is 3.57. The van der Waals surface area contributed by atoms with Gasteiger partial charge in [-0.25, -0.2) is 8.78 Å². The van der Waals surface area contributed by atoms with E-state index >= 15 is 0 Å². The van der Waals surface area contributed by atoms with Gasteiger partial charge in [-0.15, -0.1) is 0 Å². The minimum absolute atomic E-state index is 0.0793. The fraction of sp³-hybridized carbons (Fsp3) is 0.250. The maximum absolute atomic E-state index is 13.0. The Morgan fingerprint density at radius 3 is 2.54 bits per heavy atom. The van der Waals surface area contributed by atoms with Crippen molar-refractivity contribution in [3.8, 4) is 0 Å². The molecule has 72 valence electrons. The molecule has 1 rings (SSSR count). The maximum Gasteiger partial charge on any atom is 0.142 e. The minimum atomic E-state index is -0.924. The number of aliphatic hydroxyl groups is 1. The van der Waals surface area contributed by atoms with E-state index in [1.807, 2.05) is 0 Å². The number of hydrogen-bond donors (Lipinski definition) is 2. The molecule has 0 saturated carbocycles. The third kappa shape index (κ3) is 2.15. The largest absolute Gasteiger partial charge is 0.394 e. The number of benzene rings is 1. The van der Waals surface area contributed by atoms with Crippen LogP contribution in [0.25, 0.3) is 0 Å². The van der Waals surface area contributed by atoms with E-state index in [-0.39, 0.29) is 10.6 Å². The van der Waals surface area contributed by atoms with Crippen molar-refractivity contribution in [1.29, 1.82) is 0 Å². The average Bonchev–Trinajstić information content (AvgIpc) is 2.10. The highest BCUT2D eigenvalue weighted by Crippen LogP contribution is 2.22. The van der Waals surface area contributed by atoms with Crippen LogP contribution in [0.2, 0.25) is 5.02 Å². The van der Waals surface area contributed by atoms with Crippen LogP contribution in [0.1, 0.15) is 11.6 Å². The van der Waals surface area contributed by atoms with Crippen molar-refractivity contribution in [1.82, 2.24) is 0 Å². The van der Waals surface area contributed by atoms with Crippen LogP contribution in [0.15, 0.2) is 12.1 Å². The van der Waals surface area contributed by atoms with E-state index in [9.17, 15) is 8.78 Å². The Kier molecular flexibility index (Phi) is 3.19. The fourth-order valence-corrected chi connectivity index (χ4v) is 1.07. The van der Waals surface area contributed by atoms with Gasteiger partial charge in [0.05, 0.1) is 17.7 Å². The zero-order valence-corrected chi connectivity index (χ0v) is 7.35. The number of nitrogens with two attached hydrogens (primary N) is 1. The molecule has 1 aromatic rings. The Morgan fingerprint density at radius 1 is 1.38 bits per heavy atom. The number of rotatable bonds is 2. The van der Waals surface area contributed by atoms with Gasteiger partial charge in [-0.2, -0.15) is 0 Å². The normalized spacial score (nSPS) is 13.0. The first-order chi connectivity index (χ1) is 6.06. The van der Waals surface area contributed by atoms with Gasteiger partial charge >= 0.3 is 0 Å². The third-order valence-corrected chi connectivity index (χ3v) is 1.93. The zero-order chi connectivity index (χ0) is 10.0. The molecule has 13 heavy (non-hydrogen) atoms. The second-order valence-electron chi connectivity index (χ2n) is 2.58. The Labute approximate surface area is 78.9 Å². The molecular formula is C8H8ClF2NO. The summed E-state index contributed by atoms with van der Waals surface area (Å²) < 4.78 is 25.8. The molecule has 0 aliphatic heterocycles. The van der Waals surface area contributed by atoms with Crippen LogP contribution in [0.5, 0.6) is 0 Å². The molecule has 1 atom stereocenters. The van der Waals surface area contributed by atoms with Crippen LogP contribution >= 0.6 is 11.6 Å². The quantitative estimate of drug-likeness (QED) is 0.724. The Balaban J connectivity index is 3.15. The van der Waals surface area contributed by atoms with Crippen LogP contribution < -0.4 is 5.73 Å². The van der Waals surface area contributed by atoms with E-state index < -0.39 is 24.3 Å². The van der Waals surface area contributed by atoms with Crippen LogP contribution in [-0.2, 0) is 0 Å². The first kappa shape index (κ1) is 10.4. The van der Waals surface area contributed by atoms with Gasteiger partial charge in [0.15, 0.2) is 0 Å². The standard InChI is InChI=1S/C8H8ClF2NO/c9-5-2-6(10)4(1-7(5)11)8(12)3-13/h1-2,8,13H,3,12H2/t8-/m0/s1. The minimum Gasteiger partial charge on any atom is -0.394 e. The van der Waals surface area contributed by atoms with Gasteiger partial charge in [-0.3, -0.25) is 0 Å². The molecule has 0 heterocycles. The summed E-state index contributed by atoms with van der Waals surface area (Å²) in [5.41, 5.74) is 5.24. The lowest BCUT2D eigenvalue weighted by molar-refractivity contribution is 0.265. The Bertz CT molecular complexity index is 319. The summed E-state index contributed by atoms with van der Waals surface area (Å²) in [4.78, 5) is 0. The van der Waals surface area contributed by atoms with Crippen LogP contribution in [0, 0.1) is 11.6 Å². The highest BCUT2D eigenvalue weighted by atomic mass is 35.5. The third-order valence-electron chi connectivity index (χ3n) is 1.64. The highest BCUT2D eigenvalue weighted by molar-refractivity contribution is 6.30. The average molecular weight is 208 g/mol. The summed E-state index contributed by atoms with van der Waals surface area (Å²) in [6, 6.07) is 0.798. The summed E-state index contributed by atoms with van der Waals surface area (Å²) >= 11 is 5.32. The van der Waals surface area contributed by atoms with Crippen molar-refractivity contribution in [2.24, 2.45) is 5.73 Å². The number of hydrogen-bond acceptors (Lipinski definition) is 2. The molecule has 0 amide bonds. The van der Waals surface area contributed by atoms with Crippen LogP contribution in [-0.4, -0.2) is 11.7 Å². The molecule has 0 saturated heterocycles. The van der Waals surface area contributed by atoms with Crippen LogP contribution in [0.4, 0.5) is 8.78 Å². The van der Waals surface area contributed by atoms with Gasteiger partial charge in [0, 0.05) is 5.56 Å². The second-order valence-corrected chi connectivity index (χ2v) is 2.98. The van der Waals surface area contributed by atoms with Gasteiger partial charge in [0.2, 0.25) is 0 Å². The first-order valence-corrected chi connectivity index (χ1v) is 3.95. The van der Waals surface area contributed by atoms with Crippen molar-refractivity contribution >= 4 is 11.6 Å². The Morgan fingerprint density at radius 2 is 2.00 bits per heavy atom. The van der Waals surface area contributed by atoms with Gasteiger partial charge in [-0.1, -0.05) is 11.6 Å². The van der Waals surface area contributed by atoms with Gasteiger partial charge < -0.3 is 10.8 Å². The molecule has 0 aliphatic rings. The summed E-state index contributed by atoms with van der Waals surface area (Å²) in [6.07, 6.45) is 0. The van der Waals surface area contributed by atoms with E-state index in [4.69, 9.17) is 22.4 Å². The molecule has 0 aliphatic carbocycles. The van der Waals surface area contributed by atoms with Crippen molar-refractivity contribution < 1.29 is 13.9 Å². The fourth-order valence-electron chi connectivity index (χ4n) is 0.920. The van der Waals surface area contributed by atoms with Gasteiger partial charge in [0.1, 0.15) is 11.6 Å². The van der Waals surface area contributed by atoms with Crippen molar-refractivity contribution in [2.45, 2.75) is 6.04 Å². The molecule has 0 aromatic heterocycles. The lowest BCUT2D eigenvalue weighted by Gasteiger charge is -2.09. The molecule has 0 spiro atoms. The second kappa shape index (κ2) is 4.00. The molecule has 5 heteroatoms. The lowest BCUT2D eigenvalue weighted by Crippen LogP contribution is -2.16.